The molecule has 4 N–H and O–H groups in total. The fraction of sp³-hybridized carbons (Fsp3) is 0.800. The SMILES string of the molecule is CC[C@H](N)C(=O)NC1(C(=O)O)CCOCC1. The Labute approximate surface area is 94.1 Å². The highest BCUT2D eigenvalue weighted by Gasteiger charge is 2.42. The molecule has 1 fully saturated rings. The smallest absolute Gasteiger partial charge is 0.329 e. The van der Waals surface area contributed by atoms with Gasteiger partial charge in [0.25, 0.3) is 0 Å². The molecule has 1 amide bonds. The molecule has 0 aliphatic carbocycles. The van der Waals surface area contributed by atoms with Gasteiger partial charge in [-0.2, -0.15) is 0 Å². The molecule has 1 heterocycles. The van der Waals surface area contributed by atoms with Crippen LogP contribution in [0, 0.1) is 0 Å². The summed E-state index contributed by atoms with van der Waals surface area (Å²) in [6, 6.07) is -0.654. The first-order valence-corrected chi connectivity index (χ1v) is 5.40. The number of aliphatic carboxylic acids is 1. The largest absolute Gasteiger partial charge is 0.480 e. The molecule has 92 valence electrons. The number of carboxylic acids is 1. The molecule has 1 aliphatic heterocycles. The van der Waals surface area contributed by atoms with Crippen LogP contribution in [-0.2, 0) is 14.3 Å². The van der Waals surface area contributed by atoms with E-state index in [9.17, 15) is 14.7 Å². The molecule has 0 saturated carbocycles. The van der Waals surface area contributed by atoms with Crippen LogP contribution in [0.4, 0.5) is 0 Å². The first-order chi connectivity index (χ1) is 7.52. The van der Waals surface area contributed by atoms with Crippen molar-refractivity contribution in [1.29, 1.82) is 0 Å². The van der Waals surface area contributed by atoms with Crippen LogP contribution in [0.2, 0.25) is 0 Å². The summed E-state index contributed by atoms with van der Waals surface area (Å²) in [5, 5.41) is 11.7. The number of amides is 1. The number of rotatable bonds is 4. The van der Waals surface area contributed by atoms with E-state index in [1.807, 2.05) is 0 Å². The molecule has 1 atom stereocenters. The summed E-state index contributed by atoms with van der Waals surface area (Å²) in [4.78, 5) is 22.8. The highest BCUT2D eigenvalue weighted by molar-refractivity contribution is 5.89. The van der Waals surface area contributed by atoms with Crippen LogP contribution in [-0.4, -0.2) is 41.8 Å². The maximum absolute atomic E-state index is 11.6. The zero-order chi connectivity index (χ0) is 12.2. The first-order valence-electron chi connectivity index (χ1n) is 5.40. The molecule has 0 bridgehead atoms. The van der Waals surface area contributed by atoms with Crippen LogP contribution in [0.25, 0.3) is 0 Å². The Morgan fingerprint density at radius 1 is 1.50 bits per heavy atom. The third-order valence-corrected chi connectivity index (χ3v) is 2.89. The summed E-state index contributed by atoms with van der Waals surface area (Å²) in [6.45, 7) is 2.46. The van der Waals surface area contributed by atoms with Gasteiger partial charge >= 0.3 is 5.97 Å². The molecule has 1 rings (SSSR count). The zero-order valence-corrected chi connectivity index (χ0v) is 9.36. The van der Waals surface area contributed by atoms with Gasteiger partial charge < -0.3 is 20.9 Å². The molecule has 0 radical (unpaired) electrons. The van der Waals surface area contributed by atoms with Crippen LogP contribution in [0.15, 0.2) is 0 Å². The van der Waals surface area contributed by atoms with Gasteiger partial charge in [-0.1, -0.05) is 6.92 Å². The van der Waals surface area contributed by atoms with Gasteiger partial charge in [0.15, 0.2) is 0 Å². The lowest BCUT2D eigenvalue weighted by atomic mass is 9.89. The lowest BCUT2D eigenvalue weighted by Gasteiger charge is -2.34. The monoisotopic (exact) mass is 230 g/mol. The van der Waals surface area contributed by atoms with E-state index in [0.717, 1.165) is 0 Å². The first kappa shape index (κ1) is 12.9. The van der Waals surface area contributed by atoms with Crippen molar-refractivity contribution >= 4 is 11.9 Å². The average Bonchev–Trinajstić information content (AvgIpc) is 2.28. The number of carbonyl (C=O) groups is 2. The minimum atomic E-state index is -1.21. The molecule has 0 aromatic heterocycles. The van der Waals surface area contributed by atoms with E-state index in [4.69, 9.17) is 10.5 Å². The lowest BCUT2D eigenvalue weighted by Crippen LogP contribution is -2.60. The Kier molecular flexibility index (Phi) is 4.26. The quantitative estimate of drug-likeness (QED) is 0.603. The van der Waals surface area contributed by atoms with Crippen molar-refractivity contribution in [3.8, 4) is 0 Å². The number of nitrogens with two attached hydrogens (primary N) is 1. The van der Waals surface area contributed by atoms with Crippen molar-refractivity contribution in [2.45, 2.75) is 37.8 Å². The number of carbonyl (C=O) groups excluding carboxylic acids is 1. The van der Waals surface area contributed by atoms with Crippen molar-refractivity contribution in [1.82, 2.24) is 5.32 Å². The summed E-state index contributed by atoms with van der Waals surface area (Å²) < 4.78 is 5.10. The summed E-state index contributed by atoms with van der Waals surface area (Å²) in [5.41, 5.74) is 4.35. The average molecular weight is 230 g/mol. The Balaban J connectivity index is 2.71. The summed E-state index contributed by atoms with van der Waals surface area (Å²) in [5.74, 6) is -1.43. The second-order valence-electron chi connectivity index (χ2n) is 4.00. The molecular formula is C10H18N2O4. The van der Waals surface area contributed by atoms with Crippen molar-refractivity contribution in [2.75, 3.05) is 13.2 Å². The maximum atomic E-state index is 11.6. The highest BCUT2D eigenvalue weighted by atomic mass is 16.5. The number of carboxylic acid groups (broad SMARTS) is 1. The Morgan fingerprint density at radius 3 is 2.50 bits per heavy atom. The fourth-order valence-electron chi connectivity index (χ4n) is 1.63. The van der Waals surface area contributed by atoms with Gasteiger partial charge in [0.1, 0.15) is 5.54 Å². The van der Waals surface area contributed by atoms with E-state index in [0.29, 0.717) is 19.6 Å². The van der Waals surface area contributed by atoms with E-state index in [1.54, 1.807) is 6.92 Å². The van der Waals surface area contributed by atoms with Gasteiger partial charge in [0, 0.05) is 26.1 Å². The Bertz CT molecular complexity index is 274. The van der Waals surface area contributed by atoms with Crippen LogP contribution in [0.5, 0.6) is 0 Å². The lowest BCUT2D eigenvalue weighted by molar-refractivity contribution is -0.152. The molecule has 1 saturated heterocycles. The van der Waals surface area contributed by atoms with E-state index < -0.39 is 23.5 Å². The maximum Gasteiger partial charge on any atom is 0.329 e. The van der Waals surface area contributed by atoms with Crippen molar-refractivity contribution in [3.05, 3.63) is 0 Å². The van der Waals surface area contributed by atoms with Gasteiger partial charge in [-0.25, -0.2) is 4.79 Å². The molecule has 6 nitrogen and oxygen atoms in total. The summed E-state index contributed by atoms with van der Waals surface area (Å²) in [7, 11) is 0. The van der Waals surface area contributed by atoms with Crippen LogP contribution < -0.4 is 11.1 Å². The predicted octanol–water partition coefficient (Wildman–Crippen LogP) is -0.526. The molecular weight excluding hydrogens is 212 g/mol. The van der Waals surface area contributed by atoms with Gasteiger partial charge in [0.05, 0.1) is 6.04 Å². The van der Waals surface area contributed by atoms with Crippen LogP contribution in [0.1, 0.15) is 26.2 Å². The van der Waals surface area contributed by atoms with E-state index in [-0.39, 0.29) is 12.8 Å². The standard InChI is InChI=1S/C10H18N2O4/c1-2-7(11)8(13)12-10(9(14)15)3-5-16-6-4-10/h7H,2-6,11H2,1H3,(H,12,13)(H,14,15)/t7-/m0/s1. The van der Waals surface area contributed by atoms with E-state index >= 15 is 0 Å². The van der Waals surface area contributed by atoms with Crippen molar-refractivity contribution in [2.24, 2.45) is 5.73 Å². The number of nitrogens with one attached hydrogen (secondary N) is 1. The minimum absolute atomic E-state index is 0.282. The topological polar surface area (TPSA) is 102 Å². The number of ether oxygens (including phenoxy) is 1. The highest BCUT2D eigenvalue weighted by Crippen LogP contribution is 2.21. The van der Waals surface area contributed by atoms with Gasteiger partial charge in [0.2, 0.25) is 5.91 Å². The third-order valence-electron chi connectivity index (χ3n) is 2.89. The van der Waals surface area contributed by atoms with E-state index in [1.165, 1.54) is 0 Å². The number of hydrogen-bond acceptors (Lipinski definition) is 4. The van der Waals surface area contributed by atoms with Gasteiger partial charge in [-0.05, 0) is 6.42 Å². The minimum Gasteiger partial charge on any atom is -0.480 e. The Morgan fingerprint density at radius 2 is 2.06 bits per heavy atom. The molecule has 6 heteroatoms. The van der Waals surface area contributed by atoms with Gasteiger partial charge in [-0.3, -0.25) is 4.79 Å². The van der Waals surface area contributed by atoms with Crippen LogP contribution >= 0.6 is 0 Å². The van der Waals surface area contributed by atoms with Crippen molar-refractivity contribution < 1.29 is 19.4 Å². The molecule has 16 heavy (non-hydrogen) atoms. The molecule has 0 spiro atoms. The second-order valence-corrected chi connectivity index (χ2v) is 4.00. The third kappa shape index (κ3) is 2.70. The predicted molar refractivity (Wildman–Crippen MR) is 56.8 cm³/mol. The second kappa shape index (κ2) is 5.27. The fourth-order valence-corrected chi connectivity index (χ4v) is 1.63. The van der Waals surface area contributed by atoms with Crippen molar-refractivity contribution in [3.63, 3.8) is 0 Å². The molecule has 0 aromatic carbocycles. The van der Waals surface area contributed by atoms with Crippen LogP contribution in [0.3, 0.4) is 0 Å². The zero-order valence-electron chi connectivity index (χ0n) is 9.36. The molecule has 0 unspecified atom stereocenters. The van der Waals surface area contributed by atoms with Gasteiger partial charge in [-0.15, -0.1) is 0 Å². The normalized spacial score (nSPS) is 21.1. The Hall–Kier alpha value is -1.14. The summed E-state index contributed by atoms with van der Waals surface area (Å²) in [6.07, 6.45) is 1.05. The molecule has 0 aromatic rings. The van der Waals surface area contributed by atoms with E-state index in [2.05, 4.69) is 5.32 Å². The molecule has 1 aliphatic rings. The number of hydrogen-bond donors (Lipinski definition) is 3. The summed E-state index contributed by atoms with van der Waals surface area (Å²) >= 11 is 0.